The molecule has 3 nitrogen and oxygen atoms in total. The molecule has 1 atom stereocenters. The van der Waals surface area contributed by atoms with Gasteiger partial charge in [0.25, 0.3) is 0 Å². The number of nitrogens with zero attached hydrogens (tertiary/aromatic N) is 1. The van der Waals surface area contributed by atoms with Crippen molar-refractivity contribution < 1.29 is 9.53 Å². The Balaban J connectivity index is 3.61. The van der Waals surface area contributed by atoms with Gasteiger partial charge in [-0.1, -0.05) is 111 Å². The molecule has 0 fully saturated rings. The van der Waals surface area contributed by atoms with Crippen molar-refractivity contribution in [3.8, 4) is 0 Å². The first-order valence-electron chi connectivity index (χ1n) is 14.0. The van der Waals surface area contributed by atoms with E-state index in [9.17, 15) is 4.79 Å². The van der Waals surface area contributed by atoms with Crippen LogP contribution in [0.2, 0.25) is 0 Å². The fourth-order valence-corrected chi connectivity index (χ4v) is 4.11. The zero-order chi connectivity index (χ0) is 23.0. The fraction of sp³-hybridized carbons (Fsp3) is 0.964. The van der Waals surface area contributed by atoms with Gasteiger partial charge < -0.3 is 9.64 Å². The van der Waals surface area contributed by atoms with Crippen LogP contribution < -0.4 is 0 Å². The van der Waals surface area contributed by atoms with E-state index in [1.54, 1.807) is 0 Å². The van der Waals surface area contributed by atoms with Crippen molar-refractivity contribution in [3.05, 3.63) is 0 Å². The zero-order valence-corrected chi connectivity index (χ0v) is 21.9. The number of rotatable bonds is 24. The van der Waals surface area contributed by atoms with Crippen LogP contribution in [0.3, 0.4) is 0 Å². The highest BCUT2D eigenvalue weighted by atomic mass is 16.5. The van der Waals surface area contributed by atoms with Gasteiger partial charge >= 0.3 is 5.97 Å². The minimum absolute atomic E-state index is 0.0182. The van der Waals surface area contributed by atoms with Crippen molar-refractivity contribution in [3.63, 3.8) is 0 Å². The normalized spacial score (nSPS) is 12.4. The lowest BCUT2D eigenvalue weighted by atomic mass is 10.0. The third kappa shape index (κ3) is 21.1. The lowest BCUT2D eigenvalue weighted by Crippen LogP contribution is -2.27. The molecule has 186 valence electrons. The maximum absolute atomic E-state index is 12.2. The predicted molar refractivity (Wildman–Crippen MR) is 137 cm³/mol. The van der Waals surface area contributed by atoms with Gasteiger partial charge in [0.1, 0.15) is 0 Å². The van der Waals surface area contributed by atoms with Crippen molar-refractivity contribution in [2.24, 2.45) is 5.92 Å². The van der Waals surface area contributed by atoms with Crippen LogP contribution in [0.25, 0.3) is 0 Å². The summed E-state index contributed by atoms with van der Waals surface area (Å²) in [6, 6.07) is 0. The standard InChI is InChI=1S/C28H57NO2/c1-5-8-11-12-13-14-15-18-22-27(4)28(30)31-26-21-17-16-20-25-29(23-10-7-3)24-19-9-6-2/h27H,5-26H2,1-4H3. The van der Waals surface area contributed by atoms with Crippen molar-refractivity contribution in [2.45, 2.75) is 143 Å². The molecule has 0 aliphatic heterocycles. The van der Waals surface area contributed by atoms with E-state index in [-0.39, 0.29) is 11.9 Å². The molecule has 0 bridgehead atoms. The molecule has 1 unspecified atom stereocenters. The number of carbonyl (C=O) groups excluding carboxylic acids is 1. The summed E-state index contributed by atoms with van der Waals surface area (Å²) in [5, 5.41) is 0. The van der Waals surface area contributed by atoms with Gasteiger partial charge in [-0.15, -0.1) is 0 Å². The molecule has 31 heavy (non-hydrogen) atoms. The summed E-state index contributed by atoms with van der Waals surface area (Å²) in [6.07, 6.45) is 22.9. The summed E-state index contributed by atoms with van der Waals surface area (Å²) < 4.78 is 5.52. The first kappa shape index (κ1) is 30.4. The molecule has 0 N–H and O–H groups in total. The number of carbonyl (C=O) groups is 1. The highest BCUT2D eigenvalue weighted by Gasteiger charge is 2.13. The molecular weight excluding hydrogens is 382 g/mol. The van der Waals surface area contributed by atoms with E-state index >= 15 is 0 Å². The van der Waals surface area contributed by atoms with Gasteiger partial charge in [0.15, 0.2) is 0 Å². The average molecular weight is 440 g/mol. The summed E-state index contributed by atoms with van der Waals surface area (Å²) >= 11 is 0. The van der Waals surface area contributed by atoms with E-state index in [0.717, 1.165) is 19.3 Å². The molecule has 0 amide bonds. The first-order valence-corrected chi connectivity index (χ1v) is 14.0. The van der Waals surface area contributed by atoms with Crippen LogP contribution in [0.4, 0.5) is 0 Å². The Kier molecular flexibility index (Phi) is 23.6. The summed E-state index contributed by atoms with van der Waals surface area (Å²) in [5.41, 5.74) is 0. The molecule has 0 aliphatic carbocycles. The Morgan fingerprint density at radius 2 is 1.06 bits per heavy atom. The van der Waals surface area contributed by atoms with Crippen LogP contribution in [0.5, 0.6) is 0 Å². The van der Waals surface area contributed by atoms with E-state index < -0.39 is 0 Å². The Morgan fingerprint density at radius 3 is 1.71 bits per heavy atom. The Labute approximate surface area is 196 Å². The smallest absolute Gasteiger partial charge is 0.308 e. The molecule has 0 heterocycles. The van der Waals surface area contributed by atoms with Crippen LogP contribution in [-0.2, 0) is 9.53 Å². The van der Waals surface area contributed by atoms with Crippen LogP contribution in [0, 0.1) is 5.92 Å². The van der Waals surface area contributed by atoms with Crippen molar-refractivity contribution in [1.29, 1.82) is 0 Å². The Bertz CT molecular complexity index is 372. The fourth-order valence-electron chi connectivity index (χ4n) is 4.11. The Morgan fingerprint density at radius 1 is 0.613 bits per heavy atom. The zero-order valence-electron chi connectivity index (χ0n) is 21.9. The van der Waals surface area contributed by atoms with E-state index in [1.807, 2.05) is 6.92 Å². The van der Waals surface area contributed by atoms with E-state index in [2.05, 4.69) is 25.7 Å². The topological polar surface area (TPSA) is 29.5 Å². The molecule has 0 radical (unpaired) electrons. The summed E-state index contributed by atoms with van der Waals surface area (Å²) in [7, 11) is 0. The maximum Gasteiger partial charge on any atom is 0.308 e. The van der Waals surface area contributed by atoms with Crippen LogP contribution in [0.15, 0.2) is 0 Å². The van der Waals surface area contributed by atoms with E-state index in [0.29, 0.717) is 6.61 Å². The number of hydrogen-bond donors (Lipinski definition) is 0. The van der Waals surface area contributed by atoms with Crippen molar-refractivity contribution in [2.75, 3.05) is 26.2 Å². The molecule has 3 heteroatoms. The minimum Gasteiger partial charge on any atom is -0.465 e. The SMILES string of the molecule is CCCCCCCCCCC(C)C(=O)OCCCCCCN(CCCC)CCCCC. The van der Waals surface area contributed by atoms with Gasteiger partial charge in [-0.25, -0.2) is 0 Å². The van der Waals surface area contributed by atoms with Gasteiger partial charge in [-0.05, 0) is 51.7 Å². The Hall–Kier alpha value is -0.570. The summed E-state index contributed by atoms with van der Waals surface area (Å²) in [5.74, 6) is 0.0833. The highest BCUT2D eigenvalue weighted by Crippen LogP contribution is 2.14. The van der Waals surface area contributed by atoms with E-state index in [4.69, 9.17) is 4.74 Å². The molecule has 0 aromatic rings. The molecule has 0 spiro atoms. The lowest BCUT2D eigenvalue weighted by Gasteiger charge is -2.22. The van der Waals surface area contributed by atoms with E-state index in [1.165, 1.54) is 116 Å². The second-order valence-electron chi connectivity index (χ2n) is 9.65. The lowest BCUT2D eigenvalue weighted by molar-refractivity contribution is -0.148. The van der Waals surface area contributed by atoms with Gasteiger partial charge in [-0.3, -0.25) is 4.79 Å². The minimum atomic E-state index is 0.0182. The van der Waals surface area contributed by atoms with Crippen molar-refractivity contribution in [1.82, 2.24) is 4.90 Å². The molecular formula is C28H57NO2. The van der Waals surface area contributed by atoms with Crippen LogP contribution in [-0.4, -0.2) is 37.1 Å². The third-order valence-corrected chi connectivity index (χ3v) is 6.41. The molecule has 0 saturated carbocycles. The van der Waals surface area contributed by atoms with Gasteiger partial charge in [0.2, 0.25) is 0 Å². The number of ether oxygens (including phenoxy) is 1. The second-order valence-corrected chi connectivity index (χ2v) is 9.65. The third-order valence-electron chi connectivity index (χ3n) is 6.41. The number of unbranched alkanes of at least 4 members (excludes halogenated alkanes) is 13. The van der Waals surface area contributed by atoms with Gasteiger partial charge in [0, 0.05) is 0 Å². The quantitative estimate of drug-likeness (QED) is 0.111. The molecule has 0 aromatic heterocycles. The molecule has 0 aromatic carbocycles. The maximum atomic E-state index is 12.2. The summed E-state index contributed by atoms with van der Waals surface area (Å²) in [6.45, 7) is 13.2. The largest absolute Gasteiger partial charge is 0.465 e. The monoisotopic (exact) mass is 439 g/mol. The number of hydrogen-bond acceptors (Lipinski definition) is 3. The number of esters is 1. The molecule has 0 saturated heterocycles. The molecule has 0 rings (SSSR count). The second kappa shape index (κ2) is 24.1. The van der Waals surface area contributed by atoms with Crippen molar-refractivity contribution >= 4 is 5.97 Å². The molecule has 0 aliphatic rings. The first-order chi connectivity index (χ1) is 15.2. The average Bonchev–Trinajstić information content (AvgIpc) is 2.77. The summed E-state index contributed by atoms with van der Waals surface area (Å²) in [4.78, 5) is 14.8. The predicted octanol–water partition coefficient (Wildman–Crippen LogP) is 8.55. The van der Waals surface area contributed by atoms with Crippen LogP contribution in [0.1, 0.15) is 143 Å². The highest BCUT2D eigenvalue weighted by molar-refractivity contribution is 5.71. The van der Waals surface area contributed by atoms with Gasteiger partial charge in [-0.2, -0.15) is 0 Å². The van der Waals surface area contributed by atoms with Crippen LogP contribution >= 0.6 is 0 Å². The van der Waals surface area contributed by atoms with Gasteiger partial charge in [0.05, 0.1) is 12.5 Å².